The topological polar surface area (TPSA) is 149 Å². The summed E-state index contributed by atoms with van der Waals surface area (Å²) in [6.45, 7) is 6.45. The number of anilines is 1. The lowest BCUT2D eigenvalue weighted by atomic mass is 9.93. The Morgan fingerprint density at radius 2 is 1.90 bits per heavy atom. The van der Waals surface area contributed by atoms with E-state index in [1.807, 2.05) is 0 Å². The minimum Gasteiger partial charge on any atom is -0.384 e. The van der Waals surface area contributed by atoms with Gasteiger partial charge >= 0.3 is 0 Å². The molecule has 0 aliphatic carbocycles. The van der Waals surface area contributed by atoms with Gasteiger partial charge < -0.3 is 20.5 Å². The SMILES string of the molecule is Cc1nc([C@](C)(O)c2ccc3c(C(C)(C)O)nn(-c4nc(N)ncc4Cl)c3c2)no1. The van der Waals surface area contributed by atoms with Crippen molar-refractivity contribution < 1.29 is 14.7 Å². The van der Waals surface area contributed by atoms with Crippen molar-refractivity contribution in [3.63, 3.8) is 0 Å². The van der Waals surface area contributed by atoms with E-state index in [1.54, 1.807) is 45.9 Å². The van der Waals surface area contributed by atoms with Gasteiger partial charge in [0.1, 0.15) is 21.9 Å². The van der Waals surface area contributed by atoms with Crippen molar-refractivity contribution in [3.8, 4) is 5.82 Å². The average Bonchev–Trinajstić information content (AvgIpc) is 3.27. The molecular weight excluding hydrogens is 410 g/mol. The molecule has 0 amide bonds. The Labute approximate surface area is 176 Å². The van der Waals surface area contributed by atoms with Crippen LogP contribution in [0, 0.1) is 6.92 Å². The lowest BCUT2D eigenvalue weighted by Gasteiger charge is -2.20. The van der Waals surface area contributed by atoms with Crippen LogP contribution in [0.5, 0.6) is 0 Å². The Morgan fingerprint density at radius 1 is 1.17 bits per heavy atom. The van der Waals surface area contributed by atoms with Gasteiger partial charge in [0.15, 0.2) is 5.82 Å². The molecule has 1 atom stereocenters. The van der Waals surface area contributed by atoms with E-state index in [0.29, 0.717) is 28.1 Å². The maximum absolute atomic E-state index is 11.1. The van der Waals surface area contributed by atoms with Crippen LogP contribution in [0.3, 0.4) is 0 Å². The Hall–Kier alpha value is -3.08. The number of rotatable bonds is 4. The zero-order chi connectivity index (χ0) is 21.8. The highest BCUT2D eigenvalue weighted by molar-refractivity contribution is 6.32. The number of nitrogen functional groups attached to an aromatic ring is 1. The van der Waals surface area contributed by atoms with Crippen molar-refractivity contribution in [3.05, 3.63) is 52.4 Å². The summed E-state index contributed by atoms with van der Waals surface area (Å²) >= 11 is 6.30. The number of aryl methyl sites for hydroxylation is 1. The Balaban J connectivity index is 2.00. The highest BCUT2D eigenvalue weighted by Gasteiger charge is 2.33. The summed E-state index contributed by atoms with van der Waals surface area (Å²) in [6, 6.07) is 5.17. The molecule has 156 valence electrons. The van der Waals surface area contributed by atoms with Crippen molar-refractivity contribution in [2.75, 3.05) is 5.73 Å². The normalized spacial score (nSPS) is 14.2. The molecule has 0 fully saturated rings. The first kappa shape index (κ1) is 20.2. The van der Waals surface area contributed by atoms with Crippen LogP contribution in [0.25, 0.3) is 16.7 Å². The Morgan fingerprint density at radius 3 is 2.53 bits per heavy atom. The fourth-order valence-corrected chi connectivity index (χ4v) is 3.35. The number of hydrogen-bond donors (Lipinski definition) is 3. The van der Waals surface area contributed by atoms with Gasteiger partial charge in [-0.2, -0.15) is 15.1 Å². The maximum atomic E-state index is 11.1. The minimum absolute atomic E-state index is 0.0216. The number of halogens is 1. The van der Waals surface area contributed by atoms with Gasteiger partial charge in [-0.25, -0.2) is 9.67 Å². The molecule has 0 saturated heterocycles. The number of benzene rings is 1. The minimum atomic E-state index is -1.54. The van der Waals surface area contributed by atoms with Crippen LogP contribution in [-0.4, -0.2) is 40.1 Å². The lowest BCUT2D eigenvalue weighted by molar-refractivity contribution is 0.0749. The van der Waals surface area contributed by atoms with Crippen LogP contribution in [0.15, 0.2) is 28.9 Å². The summed E-state index contributed by atoms with van der Waals surface area (Å²) in [5, 5.41) is 31.0. The van der Waals surface area contributed by atoms with E-state index in [9.17, 15) is 10.2 Å². The standard InChI is InChI=1S/C19H20ClN7O3/c1-9-23-16(26-30-9)19(4,29)10-5-6-11-13(7-10)27(25-14(11)18(2,3)28)15-12(20)8-22-17(21)24-15/h5-8,28-29H,1-4H3,(H2,21,22,24)/t19-/m1/s1. The van der Waals surface area contributed by atoms with Gasteiger partial charge in [-0.15, -0.1) is 0 Å². The van der Waals surface area contributed by atoms with Crippen molar-refractivity contribution in [2.24, 2.45) is 0 Å². The van der Waals surface area contributed by atoms with E-state index < -0.39 is 11.2 Å². The molecule has 0 spiro atoms. The summed E-state index contributed by atoms with van der Waals surface area (Å²) in [7, 11) is 0. The molecule has 3 heterocycles. The van der Waals surface area contributed by atoms with Gasteiger partial charge in [0.25, 0.3) is 0 Å². The molecule has 10 nitrogen and oxygen atoms in total. The van der Waals surface area contributed by atoms with Crippen LogP contribution < -0.4 is 5.73 Å². The molecule has 0 aliphatic rings. The van der Waals surface area contributed by atoms with E-state index in [0.717, 1.165) is 0 Å². The third kappa shape index (κ3) is 3.28. The summed E-state index contributed by atoms with van der Waals surface area (Å²) in [5.74, 6) is 0.728. The molecule has 4 rings (SSSR count). The number of nitrogens with two attached hydrogens (primary N) is 1. The van der Waals surface area contributed by atoms with Crippen LogP contribution in [0.1, 0.15) is 43.7 Å². The molecule has 0 aliphatic heterocycles. The van der Waals surface area contributed by atoms with Gasteiger partial charge in [-0.1, -0.05) is 28.9 Å². The van der Waals surface area contributed by atoms with Crippen LogP contribution in [0.2, 0.25) is 5.02 Å². The van der Waals surface area contributed by atoms with Gasteiger partial charge in [-0.3, -0.25) is 0 Å². The predicted octanol–water partition coefficient (Wildman–Crippen LogP) is 2.23. The van der Waals surface area contributed by atoms with Crippen LogP contribution >= 0.6 is 11.6 Å². The summed E-state index contributed by atoms with van der Waals surface area (Å²) in [5.41, 5.74) is 4.40. The molecule has 4 N–H and O–H groups in total. The van der Waals surface area contributed by atoms with E-state index in [1.165, 1.54) is 10.9 Å². The van der Waals surface area contributed by atoms with Crippen molar-refractivity contribution in [1.29, 1.82) is 0 Å². The van der Waals surface area contributed by atoms with Gasteiger partial charge in [-0.05, 0) is 32.4 Å². The second-order valence-electron chi connectivity index (χ2n) is 7.66. The quantitative estimate of drug-likeness (QED) is 0.443. The average molecular weight is 430 g/mol. The van der Waals surface area contributed by atoms with E-state index in [-0.39, 0.29) is 22.6 Å². The number of nitrogens with zero attached hydrogens (tertiary/aromatic N) is 6. The lowest BCUT2D eigenvalue weighted by Crippen LogP contribution is -2.24. The summed E-state index contributed by atoms with van der Waals surface area (Å²) < 4.78 is 6.47. The smallest absolute Gasteiger partial charge is 0.223 e. The van der Waals surface area contributed by atoms with Crippen molar-refractivity contribution >= 4 is 28.5 Å². The van der Waals surface area contributed by atoms with Gasteiger partial charge in [0.05, 0.1) is 11.7 Å². The summed E-state index contributed by atoms with van der Waals surface area (Å²) in [6.07, 6.45) is 1.37. The number of aliphatic hydroxyl groups is 2. The molecule has 0 unspecified atom stereocenters. The second kappa shape index (κ2) is 6.73. The highest BCUT2D eigenvalue weighted by atomic mass is 35.5. The van der Waals surface area contributed by atoms with Crippen LogP contribution in [-0.2, 0) is 11.2 Å². The first-order valence-electron chi connectivity index (χ1n) is 9.06. The molecule has 0 bridgehead atoms. The van der Waals surface area contributed by atoms with Crippen LogP contribution in [0.4, 0.5) is 5.95 Å². The summed E-state index contributed by atoms with van der Waals surface area (Å²) in [4.78, 5) is 12.2. The van der Waals surface area contributed by atoms with Crippen molar-refractivity contribution in [2.45, 2.75) is 38.9 Å². The molecule has 1 aromatic carbocycles. The third-order valence-corrected chi connectivity index (χ3v) is 5.00. The molecule has 11 heteroatoms. The molecular formula is C19H20ClN7O3. The first-order chi connectivity index (χ1) is 14.0. The Bertz CT molecular complexity index is 1260. The first-order valence-corrected chi connectivity index (χ1v) is 9.44. The van der Waals surface area contributed by atoms with Gasteiger partial charge in [0, 0.05) is 12.3 Å². The number of aromatic nitrogens is 6. The highest BCUT2D eigenvalue weighted by Crippen LogP contribution is 2.35. The fourth-order valence-electron chi connectivity index (χ4n) is 3.18. The van der Waals surface area contributed by atoms with E-state index in [4.69, 9.17) is 21.9 Å². The molecule has 0 saturated carbocycles. The Kier molecular flexibility index (Phi) is 4.53. The molecule has 0 radical (unpaired) electrons. The molecule has 3 aromatic heterocycles. The van der Waals surface area contributed by atoms with Gasteiger partial charge in [0.2, 0.25) is 17.7 Å². The molecule has 30 heavy (non-hydrogen) atoms. The molecule has 4 aromatic rings. The largest absolute Gasteiger partial charge is 0.384 e. The van der Waals surface area contributed by atoms with Crippen molar-refractivity contribution in [1.82, 2.24) is 29.9 Å². The predicted molar refractivity (Wildman–Crippen MR) is 109 cm³/mol. The zero-order valence-electron chi connectivity index (χ0n) is 16.8. The number of hydrogen-bond acceptors (Lipinski definition) is 9. The third-order valence-electron chi connectivity index (χ3n) is 4.73. The maximum Gasteiger partial charge on any atom is 0.223 e. The number of fused-ring (bicyclic) bond motifs is 1. The second-order valence-corrected chi connectivity index (χ2v) is 8.07. The van der Waals surface area contributed by atoms with E-state index >= 15 is 0 Å². The van der Waals surface area contributed by atoms with E-state index in [2.05, 4.69) is 25.2 Å². The fraction of sp³-hybridized carbons (Fsp3) is 0.316. The monoisotopic (exact) mass is 429 g/mol. The zero-order valence-corrected chi connectivity index (χ0v) is 17.5.